The normalized spacial score (nSPS) is 19.8. The van der Waals surface area contributed by atoms with Crippen LogP contribution in [0.4, 0.5) is 0 Å². The summed E-state index contributed by atoms with van der Waals surface area (Å²) in [7, 11) is 0.129. The predicted octanol–water partition coefficient (Wildman–Crippen LogP) is 2.30. The molecule has 1 heterocycles. The number of hydrogen-bond acceptors (Lipinski definition) is 4. The van der Waals surface area contributed by atoms with E-state index >= 15 is 0 Å². The van der Waals surface area contributed by atoms with Crippen LogP contribution in [0.1, 0.15) is 39.5 Å². The van der Waals surface area contributed by atoms with Crippen LogP contribution >= 0.6 is 0 Å². The first-order valence-electron chi connectivity index (χ1n) is 9.03. The van der Waals surface area contributed by atoms with E-state index in [4.69, 9.17) is 4.74 Å². The van der Waals surface area contributed by atoms with E-state index in [9.17, 15) is 13.8 Å². The Morgan fingerprint density at radius 3 is 2.88 bits per heavy atom. The van der Waals surface area contributed by atoms with Crippen LogP contribution in [0.5, 0.6) is 5.75 Å². The Hall–Kier alpha value is -1.73. The zero-order valence-corrected chi connectivity index (χ0v) is 16.5. The van der Waals surface area contributed by atoms with Crippen molar-refractivity contribution < 1.29 is 18.5 Å². The van der Waals surface area contributed by atoms with Crippen molar-refractivity contribution in [2.24, 2.45) is 5.92 Å². The van der Waals surface area contributed by atoms with Gasteiger partial charge in [0.25, 0.3) is 0 Å². The molecule has 1 aromatic carbocycles. The second-order valence-corrected chi connectivity index (χ2v) is 8.44. The molecule has 1 fully saturated rings. The zero-order chi connectivity index (χ0) is 19.1. The maximum Gasteiger partial charge on any atom is 0.220 e. The highest BCUT2D eigenvalue weighted by atomic mass is 32.2. The van der Waals surface area contributed by atoms with Crippen molar-refractivity contribution in [3.8, 4) is 5.75 Å². The van der Waals surface area contributed by atoms with Gasteiger partial charge in [0.2, 0.25) is 5.91 Å². The molecule has 1 amide bonds. The lowest BCUT2D eigenvalue weighted by molar-refractivity contribution is -0.127. The molecule has 2 unspecified atom stereocenters. The lowest BCUT2D eigenvalue weighted by atomic mass is 10.1. The summed E-state index contributed by atoms with van der Waals surface area (Å²) in [5.74, 6) is 0.912. The minimum Gasteiger partial charge on any atom is -0.497 e. The molecular formula is C19H28N2O4S. The number of hydrogen-bond donors (Lipinski definition) is 1. The first-order chi connectivity index (χ1) is 12.4. The number of ether oxygens (including phenoxy) is 1. The number of ketones is 1. The second-order valence-electron chi connectivity index (χ2n) is 6.95. The Kier molecular flexibility index (Phi) is 7.78. The Morgan fingerprint density at radius 1 is 1.42 bits per heavy atom. The van der Waals surface area contributed by atoms with Crippen molar-refractivity contribution >= 4 is 22.7 Å². The van der Waals surface area contributed by atoms with E-state index in [2.05, 4.69) is 19.2 Å². The maximum absolute atomic E-state index is 12.8. The molecule has 2 rings (SSSR count). The zero-order valence-electron chi connectivity index (χ0n) is 15.7. The van der Waals surface area contributed by atoms with Crippen molar-refractivity contribution in [3.05, 3.63) is 24.3 Å². The van der Waals surface area contributed by atoms with E-state index in [1.807, 2.05) is 0 Å². The number of Topliss-reactive ketones (excluding diaryl/α,β-unsaturated/α-hetero) is 1. The molecule has 7 heteroatoms. The van der Waals surface area contributed by atoms with Crippen molar-refractivity contribution in [1.29, 1.82) is 0 Å². The molecule has 1 N–H and O–H groups in total. The van der Waals surface area contributed by atoms with E-state index in [1.165, 1.54) is 0 Å². The Morgan fingerprint density at radius 2 is 2.19 bits per heavy atom. The van der Waals surface area contributed by atoms with Crippen molar-refractivity contribution in [2.45, 2.75) is 50.5 Å². The van der Waals surface area contributed by atoms with Gasteiger partial charge in [-0.1, -0.05) is 19.9 Å². The number of methoxy groups -OCH3 is 1. The van der Waals surface area contributed by atoms with Crippen LogP contribution in [-0.4, -0.2) is 46.4 Å². The highest BCUT2D eigenvalue weighted by molar-refractivity contribution is 7.82. The molecule has 0 spiro atoms. The summed E-state index contributed by atoms with van der Waals surface area (Å²) < 4.78 is 19.6. The summed E-state index contributed by atoms with van der Waals surface area (Å²) in [4.78, 5) is 25.2. The fourth-order valence-corrected chi connectivity index (χ4v) is 4.08. The fourth-order valence-electron chi connectivity index (χ4n) is 2.84. The summed E-state index contributed by atoms with van der Waals surface area (Å²) in [5.41, 5.74) is 0. The topological polar surface area (TPSA) is 75.7 Å². The Labute approximate surface area is 157 Å². The van der Waals surface area contributed by atoms with Gasteiger partial charge in [0, 0.05) is 13.0 Å². The highest BCUT2D eigenvalue weighted by Crippen LogP contribution is 2.20. The molecular weight excluding hydrogens is 352 g/mol. The average Bonchev–Trinajstić information content (AvgIpc) is 2.81. The van der Waals surface area contributed by atoms with Gasteiger partial charge in [-0.25, -0.2) is 8.51 Å². The van der Waals surface area contributed by atoms with Crippen molar-refractivity contribution in [3.63, 3.8) is 0 Å². The van der Waals surface area contributed by atoms with Crippen molar-refractivity contribution in [2.75, 3.05) is 20.2 Å². The SMILES string of the molecule is COc1cccc(S(=O)N2CCCC(NC(=O)CCC(C)C)C(=O)C2)c1. The van der Waals surface area contributed by atoms with E-state index < -0.39 is 17.0 Å². The number of amides is 1. The number of nitrogens with one attached hydrogen (secondary N) is 1. The van der Waals surface area contributed by atoms with E-state index in [-0.39, 0.29) is 18.2 Å². The van der Waals surface area contributed by atoms with Gasteiger partial charge in [0.15, 0.2) is 5.78 Å². The quantitative estimate of drug-likeness (QED) is 0.788. The van der Waals surface area contributed by atoms with Gasteiger partial charge in [-0.05, 0) is 43.4 Å². The minimum atomic E-state index is -1.43. The standard InChI is InChI=1S/C19H28N2O4S/c1-14(2)9-10-19(23)20-17-8-5-11-21(13-18(17)22)26(24)16-7-4-6-15(12-16)25-3/h4,6-7,12,14,17H,5,8-11,13H2,1-3H3,(H,20,23). The first kappa shape index (κ1) is 20.6. The Balaban J connectivity index is 1.97. The molecule has 0 bridgehead atoms. The third kappa shape index (κ3) is 5.92. The third-order valence-corrected chi connectivity index (χ3v) is 5.82. The van der Waals surface area contributed by atoms with Crippen LogP contribution in [0, 0.1) is 5.92 Å². The van der Waals surface area contributed by atoms with Crippen LogP contribution in [0.3, 0.4) is 0 Å². The molecule has 0 aliphatic carbocycles. The molecule has 0 radical (unpaired) electrons. The summed E-state index contributed by atoms with van der Waals surface area (Å²) in [6.45, 7) is 4.75. The van der Waals surface area contributed by atoms with Gasteiger partial charge in [0.1, 0.15) is 16.7 Å². The lowest BCUT2D eigenvalue weighted by Gasteiger charge is -2.19. The van der Waals surface area contributed by atoms with Gasteiger partial charge >= 0.3 is 0 Å². The van der Waals surface area contributed by atoms with E-state index in [0.29, 0.717) is 42.4 Å². The Bertz CT molecular complexity index is 663. The molecule has 144 valence electrons. The van der Waals surface area contributed by atoms with Crippen LogP contribution in [-0.2, 0) is 20.6 Å². The number of benzene rings is 1. The summed E-state index contributed by atoms with van der Waals surface area (Å²) >= 11 is 0. The molecule has 1 aromatic rings. The largest absolute Gasteiger partial charge is 0.497 e. The van der Waals surface area contributed by atoms with Gasteiger partial charge < -0.3 is 10.1 Å². The number of carbonyl (C=O) groups excluding carboxylic acids is 2. The van der Waals surface area contributed by atoms with Gasteiger partial charge in [0.05, 0.1) is 24.6 Å². The van der Waals surface area contributed by atoms with Gasteiger partial charge in [-0.2, -0.15) is 0 Å². The number of carbonyl (C=O) groups is 2. The van der Waals surface area contributed by atoms with Crippen LogP contribution < -0.4 is 10.1 Å². The second kappa shape index (κ2) is 9.83. The van der Waals surface area contributed by atoms with E-state index in [1.54, 1.807) is 35.7 Å². The molecule has 1 aliphatic heterocycles. The van der Waals surface area contributed by atoms with Crippen LogP contribution in [0.2, 0.25) is 0 Å². The highest BCUT2D eigenvalue weighted by Gasteiger charge is 2.29. The van der Waals surface area contributed by atoms with Crippen LogP contribution in [0.15, 0.2) is 29.2 Å². The van der Waals surface area contributed by atoms with Crippen molar-refractivity contribution in [1.82, 2.24) is 9.62 Å². The molecule has 1 saturated heterocycles. The third-order valence-electron chi connectivity index (χ3n) is 4.38. The summed E-state index contributed by atoms with van der Waals surface area (Å²) in [6, 6.07) is 6.57. The smallest absolute Gasteiger partial charge is 0.220 e. The lowest BCUT2D eigenvalue weighted by Crippen LogP contribution is -2.43. The molecule has 1 aliphatic rings. The van der Waals surface area contributed by atoms with Crippen LogP contribution in [0.25, 0.3) is 0 Å². The molecule has 6 nitrogen and oxygen atoms in total. The number of rotatable bonds is 7. The molecule has 0 saturated carbocycles. The maximum atomic E-state index is 12.8. The first-order valence-corrected chi connectivity index (χ1v) is 10.1. The fraction of sp³-hybridized carbons (Fsp3) is 0.579. The predicted molar refractivity (Wildman–Crippen MR) is 101 cm³/mol. The summed E-state index contributed by atoms with van der Waals surface area (Å²) in [5, 5.41) is 2.85. The van der Waals surface area contributed by atoms with Gasteiger partial charge in [-0.3, -0.25) is 9.59 Å². The van der Waals surface area contributed by atoms with Gasteiger partial charge in [-0.15, -0.1) is 0 Å². The number of nitrogens with zero attached hydrogens (tertiary/aromatic N) is 1. The molecule has 26 heavy (non-hydrogen) atoms. The van der Waals surface area contributed by atoms with E-state index in [0.717, 1.165) is 6.42 Å². The molecule has 0 aromatic heterocycles. The monoisotopic (exact) mass is 380 g/mol. The average molecular weight is 381 g/mol. The minimum absolute atomic E-state index is 0.0684. The molecule has 2 atom stereocenters. The summed E-state index contributed by atoms with van der Waals surface area (Å²) in [6.07, 6.45) is 2.52.